The van der Waals surface area contributed by atoms with E-state index in [1.165, 1.54) is 6.92 Å². The minimum absolute atomic E-state index is 0.0126. The summed E-state index contributed by atoms with van der Waals surface area (Å²) < 4.78 is 6.99. The van der Waals surface area contributed by atoms with Crippen molar-refractivity contribution in [1.82, 2.24) is 14.5 Å². The van der Waals surface area contributed by atoms with Crippen LogP contribution in [-0.4, -0.2) is 37.0 Å². The van der Waals surface area contributed by atoms with Gasteiger partial charge in [-0.15, -0.1) is 0 Å². The van der Waals surface area contributed by atoms with Crippen LogP contribution in [0.25, 0.3) is 22.0 Å². The van der Waals surface area contributed by atoms with E-state index in [0.29, 0.717) is 33.4 Å². The predicted molar refractivity (Wildman–Crippen MR) is 105 cm³/mol. The summed E-state index contributed by atoms with van der Waals surface area (Å²) in [6, 6.07) is 3.27. The van der Waals surface area contributed by atoms with Crippen molar-refractivity contribution >= 4 is 22.7 Å². The monoisotopic (exact) mass is 381 g/mol. The highest BCUT2D eigenvalue weighted by atomic mass is 16.6. The fourth-order valence-electron chi connectivity index (χ4n) is 3.01. The molecule has 0 amide bonds. The van der Waals surface area contributed by atoms with Crippen molar-refractivity contribution in [3.8, 4) is 16.9 Å². The summed E-state index contributed by atoms with van der Waals surface area (Å²) in [7, 11) is 0. The van der Waals surface area contributed by atoms with Crippen LogP contribution in [0.1, 0.15) is 43.9 Å². The van der Waals surface area contributed by atoms with Crippen LogP contribution in [0, 0.1) is 6.92 Å². The number of ketones is 1. The Kier molecular flexibility index (Phi) is 4.93. The lowest BCUT2D eigenvalue weighted by molar-refractivity contribution is -0.155. The second-order valence-corrected chi connectivity index (χ2v) is 7.72. The molecule has 0 radical (unpaired) electrons. The number of ether oxygens (including phenoxy) is 1. The van der Waals surface area contributed by atoms with Crippen LogP contribution in [0.2, 0.25) is 0 Å². The standard InChI is InChI=1S/C21H23N3O4/c1-12(25)17-10-24(11-20(27)28-21(3,4)5)18-7-19(26)15(6-16(17)18)14-8-22-13(2)23-9-14/h6-10,26H,11H2,1-5H3. The highest BCUT2D eigenvalue weighted by Gasteiger charge is 2.20. The van der Waals surface area contributed by atoms with E-state index in [9.17, 15) is 14.7 Å². The number of benzene rings is 1. The van der Waals surface area contributed by atoms with Gasteiger partial charge in [-0.25, -0.2) is 9.97 Å². The van der Waals surface area contributed by atoms with Crippen molar-refractivity contribution in [1.29, 1.82) is 0 Å². The molecule has 0 fully saturated rings. The number of hydrogen-bond acceptors (Lipinski definition) is 6. The summed E-state index contributed by atoms with van der Waals surface area (Å²) in [5.41, 5.74) is 1.59. The lowest BCUT2D eigenvalue weighted by atomic mass is 10.0. The lowest BCUT2D eigenvalue weighted by Gasteiger charge is -2.19. The van der Waals surface area contributed by atoms with Crippen molar-refractivity contribution in [2.24, 2.45) is 0 Å². The van der Waals surface area contributed by atoms with Crippen LogP contribution in [-0.2, 0) is 16.1 Å². The maximum absolute atomic E-state index is 12.2. The quantitative estimate of drug-likeness (QED) is 0.547. The number of phenolic OH excluding ortho intramolecular Hbond substituents is 1. The van der Waals surface area contributed by atoms with Gasteiger partial charge in [-0.1, -0.05) is 0 Å². The molecule has 0 spiro atoms. The van der Waals surface area contributed by atoms with Gasteiger partial charge in [0, 0.05) is 46.7 Å². The zero-order chi connectivity index (χ0) is 20.6. The molecule has 3 aromatic rings. The van der Waals surface area contributed by atoms with Crippen LogP contribution in [0.15, 0.2) is 30.7 Å². The Bertz CT molecular complexity index is 1060. The molecule has 0 aliphatic heterocycles. The van der Waals surface area contributed by atoms with E-state index in [4.69, 9.17) is 4.74 Å². The Balaban J connectivity index is 2.10. The van der Waals surface area contributed by atoms with E-state index < -0.39 is 11.6 Å². The molecule has 2 aromatic heterocycles. The number of aromatic nitrogens is 3. The van der Waals surface area contributed by atoms with E-state index in [1.807, 2.05) is 0 Å². The maximum atomic E-state index is 12.2. The highest BCUT2D eigenvalue weighted by molar-refractivity contribution is 6.08. The molecule has 146 valence electrons. The summed E-state index contributed by atoms with van der Waals surface area (Å²) in [6.45, 7) is 8.56. The largest absolute Gasteiger partial charge is 0.507 e. The van der Waals surface area contributed by atoms with Crippen LogP contribution >= 0.6 is 0 Å². The molecule has 7 heteroatoms. The normalized spacial score (nSPS) is 11.6. The molecule has 0 unspecified atom stereocenters. The summed E-state index contributed by atoms with van der Waals surface area (Å²) >= 11 is 0. The molecule has 7 nitrogen and oxygen atoms in total. The van der Waals surface area contributed by atoms with Crippen molar-refractivity contribution in [3.63, 3.8) is 0 Å². The smallest absolute Gasteiger partial charge is 0.326 e. The van der Waals surface area contributed by atoms with Crippen LogP contribution in [0.4, 0.5) is 0 Å². The maximum Gasteiger partial charge on any atom is 0.326 e. The van der Waals surface area contributed by atoms with Crippen molar-refractivity contribution in [2.75, 3.05) is 0 Å². The molecular weight excluding hydrogens is 358 g/mol. The number of fused-ring (bicyclic) bond motifs is 1. The summed E-state index contributed by atoms with van der Waals surface area (Å²) in [6.07, 6.45) is 4.86. The molecule has 2 heterocycles. The molecular formula is C21H23N3O4. The van der Waals surface area contributed by atoms with Crippen LogP contribution in [0.5, 0.6) is 5.75 Å². The Morgan fingerprint density at radius 2 is 1.82 bits per heavy atom. The predicted octanol–water partition coefficient (Wildman–Crippen LogP) is 3.66. The molecule has 3 rings (SSSR count). The molecule has 28 heavy (non-hydrogen) atoms. The molecule has 0 bridgehead atoms. The number of aryl methyl sites for hydroxylation is 1. The SMILES string of the molecule is CC(=O)c1cn(CC(=O)OC(C)(C)C)c2cc(O)c(-c3cnc(C)nc3)cc12. The molecule has 1 aromatic carbocycles. The van der Waals surface area contributed by atoms with Crippen LogP contribution < -0.4 is 0 Å². The Hall–Kier alpha value is -3.22. The Morgan fingerprint density at radius 1 is 1.18 bits per heavy atom. The van der Waals surface area contributed by atoms with Gasteiger partial charge in [-0.05, 0) is 40.7 Å². The second-order valence-electron chi connectivity index (χ2n) is 7.72. The first kappa shape index (κ1) is 19.5. The minimum Gasteiger partial charge on any atom is -0.507 e. The lowest BCUT2D eigenvalue weighted by Crippen LogP contribution is -2.26. The topological polar surface area (TPSA) is 94.3 Å². The molecule has 0 aliphatic rings. The van der Waals surface area contributed by atoms with Crippen molar-refractivity contribution in [3.05, 3.63) is 42.1 Å². The Labute approximate surface area is 163 Å². The van der Waals surface area contributed by atoms with Crippen LogP contribution in [0.3, 0.4) is 0 Å². The number of nitrogens with zero attached hydrogens (tertiary/aromatic N) is 3. The fourth-order valence-corrected chi connectivity index (χ4v) is 3.01. The number of carbonyl (C=O) groups is 2. The molecule has 0 atom stereocenters. The zero-order valence-corrected chi connectivity index (χ0v) is 16.6. The zero-order valence-electron chi connectivity index (χ0n) is 16.6. The van der Waals surface area contributed by atoms with E-state index in [0.717, 1.165) is 0 Å². The van der Waals surface area contributed by atoms with Gasteiger partial charge in [0.1, 0.15) is 23.7 Å². The van der Waals surface area contributed by atoms with Crippen molar-refractivity contribution < 1.29 is 19.4 Å². The van der Waals surface area contributed by atoms with E-state index in [2.05, 4.69) is 9.97 Å². The van der Waals surface area contributed by atoms with Gasteiger partial charge in [0.25, 0.3) is 0 Å². The van der Waals surface area contributed by atoms with Gasteiger partial charge >= 0.3 is 5.97 Å². The third-order valence-corrected chi connectivity index (χ3v) is 4.19. The van der Waals surface area contributed by atoms with Gasteiger partial charge in [-0.3, -0.25) is 9.59 Å². The van der Waals surface area contributed by atoms with E-state index >= 15 is 0 Å². The minimum atomic E-state index is -0.607. The van der Waals surface area contributed by atoms with Gasteiger partial charge in [0.15, 0.2) is 5.78 Å². The highest BCUT2D eigenvalue weighted by Crippen LogP contribution is 2.35. The third kappa shape index (κ3) is 4.03. The first-order chi connectivity index (χ1) is 13.0. The summed E-state index contributed by atoms with van der Waals surface area (Å²) in [5.74, 6) is 0.0792. The first-order valence-electron chi connectivity index (χ1n) is 8.93. The number of phenols is 1. The fraction of sp³-hybridized carbons (Fsp3) is 0.333. The summed E-state index contributed by atoms with van der Waals surface area (Å²) in [5, 5.41) is 11.2. The van der Waals surface area contributed by atoms with Gasteiger partial charge < -0.3 is 14.4 Å². The van der Waals surface area contributed by atoms with E-state index in [-0.39, 0.29) is 18.1 Å². The first-order valence-corrected chi connectivity index (χ1v) is 8.93. The third-order valence-electron chi connectivity index (χ3n) is 4.19. The number of rotatable bonds is 4. The number of carbonyl (C=O) groups excluding carboxylic acids is 2. The second kappa shape index (κ2) is 7.07. The number of aromatic hydroxyl groups is 1. The molecule has 0 saturated heterocycles. The molecule has 0 aliphatic carbocycles. The summed E-state index contributed by atoms with van der Waals surface area (Å²) in [4.78, 5) is 32.7. The average molecular weight is 381 g/mol. The average Bonchev–Trinajstić information content (AvgIpc) is 2.91. The van der Waals surface area contributed by atoms with E-state index in [1.54, 1.807) is 63.0 Å². The van der Waals surface area contributed by atoms with Gasteiger partial charge in [-0.2, -0.15) is 0 Å². The number of hydrogen-bond donors (Lipinski definition) is 1. The molecule has 1 N–H and O–H groups in total. The number of esters is 1. The van der Waals surface area contributed by atoms with Crippen molar-refractivity contribution in [2.45, 2.75) is 46.8 Å². The molecule has 0 saturated carbocycles. The Morgan fingerprint density at radius 3 is 2.39 bits per heavy atom. The van der Waals surface area contributed by atoms with Gasteiger partial charge in [0.05, 0.1) is 5.52 Å². The number of Topliss-reactive ketones (excluding diaryl/α,β-unsaturated/α-hetero) is 1. The van der Waals surface area contributed by atoms with Gasteiger partial charge in [0.2, 0.25) is 0 Å².